The molecule has 0 amide bonds. The zero-order valence-corrected chi connectivity index (χ0v) is 14.8. The fourth-order valence-corrected chi connectivity index (χ4v) is 3.20. The summed E-state index contributed by atoms with van der Waals surface area (Å²) in [5, 5.41) is 22.6. The van der Waals surface area contributed by atoms with E-state index in [-0.39, 0.29) is 24.6 Å². The maximum atomic E-state index is 13.4. The Morgan fingerprint density at radius 3 is 2.68 bits per heavy atom. The molecule has 0 radical (unpaired) electrons. The summed E-state index contributed by atoms with van der Waals surface area (Å²) >= 11 is 0. The van der Waals surface area contributed by atoms with Gasteiger partial charge in [0.2, 0.25) is 5.82 Å². The van der Waals surface area contributed by atoms with E-state index in [2.05, 4.69) is 20.3 Å². The number of nitrogens with zero attached hydrogens (tertiary/aromatic N) is 5. The monoisotopic (exact) mass is 349 g/mol. The Hall–Kier alpha value is -1.90. The van der Waals surface area contributed by atoms with Gasteiger partial charge in [-0.15, -0.1) is 10.2 Å². The molecular formula is C17H24FN5O2. The second-order valence-electron chi connectivity index (χ2n) is 6.76. The predicted molar refractivity (Wildman–Crippen MR) is 90.4 cm³/mol. The minimum atomic E-state index is -0.602. The lowest BCUT2D eigenvalue weighted by Crippen LogP contribution is -2.48. The van der Waals surface area contributed by atoms with Crippen LogP contribution in [0.25, 0.3) is 11.4 Å². The molecule has 8 heteroatoms. The molecule has 0 bridgehead atoms. The van der Waals surface area contributed by atoms with E-state index in [0.29, 0.717) is 23.5 Å². The molecule has 1 saturated heterocycles. The number of aliphatic hydroxyl groups is 1. The van der Waals surface area contributed by atoms with Gasteiger partial charge >= 0.3 is 0 Å². The highest BCUT2D eigenvalue weighted by Gasteiger charge is 2.24. The van der Waals surface area contributed by atoms with Crippen molar-refractivity contribution >= 4 is 0 Å². The molecule has 1 fully saturated rings. The second kappa shape index (κ2) is 7.55. The number of aryl methyl sites for hydroxylation is 1. The van der Waals surface area contributed by atoms with Crippen LogP contribution in [-0.4, -0.2) is 68.2 Å². The topological polar surface area (TPSA) is 76.3 Å². The molecule has 3 atom stereocenters. The summed E-state index contributed by atoms with van der Waals surface area (Å²) in [6, 6.07) is 4.70. The van der Waals surface area contributed by atoms with E-state index >= 15 is 0 Å². The molecule has 0 aliphatic carbocycles. The molecule has 2 heterocycles. The molecule has 0 saturated carbocycles. The van der Waals surface area contributed by atoms with Gasteiger partial charge in [0.05, 0.1) is 24.9 Å². The Labute approximate surface area is 146 Å². The Kier molecular flexibility index (Phi) is 5.41. The van der Waals surface area contributed by atoms with Crippen LogP contribution in [0.15, 0.2) is 18.2 Å². The molecule has 2 aromatic rings. The quantitative estimate of drug-likeness (QED) is 0.876. The lowest BCUT2D eigenvalue weighted by Gasteiger charge is -2.36. The number of rotatable bonds is 5. The summed E-state index contributed by atoms with van der Waals surface area (Å²) in [7, 11) is 0. The first-order valence-corrected chi connectivity index (χ1v) is 8.51. The van der Waals surface area contributed by atoms with Gasteiger partial charge in [0.25, 0.3) is 0 Å². The maximum absolute atomic E-state index is 13.4. The van der Waals surface area contributed by atoms with Crippen LogP contribution in [0.1, 0.15) is 19.4 Å². The number of morpholine rings is 1. The number of benzene rings is 1. The molecular weight excluding hydrogens is 325 g/mol. The van der Waals surface area contributed by atoms with Gasteiger partial charge in [-0.2, -0.15) is 4.80 Å². The number of aromatic nitrogens is 4. The molecule has 1 aromatic heterocycles. The van der Waals surface area contributed by atoms with E-state index in [1.54, 1.807) is 19.1 Å². The largest absolute Gasteiger partial charge is 0.390 e. The first kappa shape index (κ1) is 17.9. The fourth-order valence-electron chi connectivity index (χ4n) is 3.20. The van der Waals surface area contributed by atoms with Crippen LogP contribution in [-0.2, 0) is 11.3 Å². The summed E-state index contributed by atoms with van der Waals surface area (Å²) in [6.07, 6.45) is -0.281. The van der Waals surface area contributed by atoms with Gasteiger partial charge in [0.15, 0.2) is 0 Å². The number of β-amino-alcohol motifs (C(OH)–C–C–N with tert-alkyl or cyclic N) is 1. The molecule has 7 nitrogen and oxygen atoms in total. The number of halogens is 1. The molecule has 1 aromatic carbocycles. The van der Waals surface area contributed by atoms with Crippen molar-refractivity contribution in [2.24, 2.45) is 0 Å². The maximum Gasteiger partial charge on any atom is 0.204 e. The summed E-state index contributed by atoms with van der Waals surface area (Å²) in [6.45, 7) is 8.14. The Morgan fingerprint density at radius 1 is 1.28 bits per heavy atom. The number of hydrogen-bond donors (Lipinski definition) is 1. The third-order valence-electron chi connectivity index (χ3n) is 4.21. The van der Waals surface area contributed by atoms with Crippen LogP contribution in [0.3, 0.4) is 0 Å². The van der Waals surface area contributed by atoms with Crippen molar-refractivity contribution in [3.8, 4) is 11.4 Å². The number of hydrogen-bond acceptors (Lipinski definition) is 6. The Morgan fingerprint density at radius 2 is 2.00 bits per heavy atom. The van der Waals surface area contributed by atoms with Crippen LogP contribution in [0, 0.1) is 12.7 Å². The van der Waals surface area contributed by atoms with Crippen molar-refractivity contribution in [2.45, 2.75) is 45.6 Å². The highest BCUT2D eigenvalue weighted by molar-refractivity contribution is 5.54. The standard InChI is InChI=1S/C17H24FN5O2/c1-11-6-14(4-5-16(11)18)17-19-21-23(20-17)10-15(24)9-22-7-12(2)25-13(3)8-22/h4-6,12-13,15,24H,7-10H2,1-3H3. The molecule has 25 heavy (non-hydrogen) atoms. The fraction of sp³-hybridized carbons (Fsp3) is 0.588. The van der Waals surface area contributed by atoms with Crippen molar-refractivity contribution in [2.75, 3.05) is 19.6 Å². The minimum absolute atomic E-state index is 0.161. The zero-order valence-electron chi connectivity index (χ0n) is 14.8. The Balaban J connectivity index is 1.60. The van der Waals surface area contributed by atoms with Crippen molar-refractivity contribution < 1.29 is 14.2 Å². The average molecular weight is 349 g/mol. The number of tetrazole rings is 1. The van der Waals surface area contributed by atoms with Crippen LogP contribution >= 0.6 is 0 Å². The number of aliphatic hydroxyl groups excluding tert-OH is 1. The smallest absolute Gasteiger partial charge is 0.204 e. The first-order chi connectivity index (χ1) is 11.9. The molecule has 1 aliphatic rings. The summed E-state index contributed by atoms with van der Waals surface area (Å²) in [4.78, 5) is 3.57. The van der Waals surface area contributed by atoms with E-state index < -0.39 is 6.10 Å². The van der Waals surface area contributed by atoms with Gasteiger partial charge in [0, 0.05) is 25.2 Å². The summed E-state index contributed by atoms with van der Waals surface area (Å²) in [5.74, 6) is 0.157. The first-order valence-electron chi connectivity index (χ1n) is 8.51. The molecule has 136 valence electrons. The van der Waals surface area contributed by atoms with E-state index in [4.69, 9.17) is 4.74 Å². The van der Waals surface area contributed by atoms with Crippen molar-refractivity contribution in [1.29, 1.82) is 0 Å². The molecule has 1 N–H and O–H groups in total. The molecule has 1 aliphatic heterocycles. The minimum Gasteiger partial charge on any atom is -0.390 e. The summed E-state index contributed by atoms with van der Waals surface area (Å²) < 4.78 is 19.1. The van der Waals surface area contributed by atoms with Crippen molar-refractivity contribution in [3.63, 3.8) is 0 Å². The third-order valence-corrected chi connectivity index (χ3v) is 4.21. The lowest BCUT2D eigenvalue weighted by molar-refractivity contribution is -0.0776. The average Bonchev–Trinajstić information content (AvgIpc) is 2.97. The van der Waals surface area contributed by atoms with Gasteiger partial charge in [-0.25, -0.2) is 4.39 Å². The normalized spacial score (nSPS) is 22.9. The van der Waals surface area contributed by atoms with Crippen molar-refractivity contribution in [1.82, 2.24) is 25.1 Å². The van der Waals surface area contributed by atoms with Gasteiger partial charge in [-0.3, -0.25) is 4.90 Å². The van der Waals surface area contributed by atoms with E-state index in [1.807, 2.05) is 13.8 Å². The SMILES string of the molecule is Cc1cc(-c2nnn(CC(O)CN3CC(C)OC(C)C3)n2)ccc1F. The van der Waals surface area contributed by atoms with Crippen LogP contribution < -0.4 is 0 Å². The van der Waals surface area contributed by atoms with E-state index in [9.17, 15) is 9.50 Å². The highest BCUT2D eigenvalue weighted by atomic mass is 19.1. The molecule has 3 unspecified atom stereocenters. The van der Waals surface area contributed by atoms with Gasteiger partial charge < -0.3 is 9.84 Å². The van der Waals surface area contributed by atoms with E-state index in [0.717, 1.165) is 13.1 Å². The van der Waals surface area contributed by atoms with Gasteiger partial charge in [-0.05, 0) is 49.7 Å². The van der Waals surface area contributed by atoms with Crippen LogP contribution in [0.2, 0.25) is 0 Å². The zero-order chi connectivity index (χ0) is 18.0. The number of ether oxygens (including phenoxy) is 1. The summed E-state index contributed by atoms with van der Waals surface area (Å²) in [5.41, 5.74) is 1.24. The Bertz CT molecular complexity index is 713. The van der Waals surface area contributed by atoms with E-state index in [1.165, 1.54) is 10.9 Å². The lowest BCUT2D eigenvalue weighted by atomic mass is 10.1. The van der Waals surface area contributed by atoms with Gasteiger partial charge in [0.1, 0.15) is 5.82 Å². The van der Waals surface area contributed by atoms with Gasteiger partial charge in [-0.1, -0.05) is 0 Å². The molecule has 0 spiro atoms. The van der Waals surface area contributed by atoms with Crippen molar-refractivity contribution in [3.05, 3.63) is 29.6 Å². The van der Waals surface area contributed by atoms with Crippen LogP contribution in [0.4, 0.5) is 4.39 Å². The second-order valence-corrected chi connectivity index (χ2v) is 6.76. The predicted octanol–water partition coefficient (Wildman–Crippen LogP) is 1.26. The highest BCUT2D eigenvalue weighted by Crippen LogP contribution is 2.17. The third kappa shape index (κ3) is 4.59. The molecule has 3 rings (SSSR count). The van der Waals surface area contributed by atoms with Crippen LogP contribution in [0.5, 0.6) is 0 Å².